The van der Waals surface area contributed by atoms with E-state index in [0.717, 1.165) is 64.8 Å². The van der Waals surface area contributed by atoms with Gasteiger partial charge in [0.15, 0.2) is 5.96 Å². The van der Waals surface area contributed by atoms with Gasteiger partial charge in [-0.15, -0.1) is 11.3 Å². The number of likely N-dealkylation sites (N-methyl/N-ethyl adjacent to an activating group) is 1. The summed E-state index contributed by atoms with van der Waals surface area (Å²) in [7, 11) is 5.76. The second kappa shape index (κ2) is 10.5. The fourth-order valence-electron chi connectivity index (χ4n) is 2.83. The van der Waals surface area contributed by atoms with E-state index in [4.69, 9.17) is 4.74 Å². The molecule has 0 aromatic carbocycles. The Kier molecular flexibility index (Phi) is 8.35. The summed E-state index contributed by atoms with van der Waals surface area (Å²) in [5, 5.41) is 7.02. The van der Waals surface area contributed by atoms with E-state index in [1.807, 2.05) is 18.4 Å². The number of piperazine rings is 1. The van der Waals surface area contributed by atoms with Crippen molar-refractivity contribution >= 4 is 22.3 Å². The number of rotatable bonds is 8. The summed E-state index contributed by atoms with van der Waals surface area (Å²) in [6.07, 6.45) is 1.11. The Bertz CT molecular complexity index is 471. The van der Waals surface area contributed by atoms with E-state index >= 15 is 0 Å². The molecule has 0 atom stereocenters. The molecule has 1 saturated heterocycles. The highest BCUT2D eigenvalue weighted by atomic mass is 32.1. The molecule has 1 aliphatic heterocycles. The van der Waals surface area contributed by atoms with Gasteiger partial charge in [-0.3, -0.25) is 4.99 Å². The Labute approximate surface area is 150 Å². The third-order valence-corrected chi connectivity index (χ3v) is 5.21. The Morgan fingerprint density at radius 1 is 1.33 bits per heavy atom. The first-order chi connectivity index (χ1) is 11.7. The molecule has 0 amide bonds. The molecule has 2 rings (SSSR count). The van der Waals surface area contributed by atoms with Gasteiger partial charge in [0.1, 0.15) is 0 Å². The minimum Gasteiger partial charge on any atom is -0.383 e. The van der Waals surface area contributed by atoms with Gasteiger partial charge in [0.2, 0.25) is 0 Å². The van der Waals surface area contributed by atoms with Crippen LogP contribution in [0.5, 0.6) is 0 Å². The topological polar surface area (TPSA) is 43.3 Å². The molecular weight excluding hydrogens is 322 g/mol. The summed E-state index contributed by atoms with van der Waals surface area (Å²) in [6.45, 7) is 7.95. The first-order valence-corrected chi connectivity index (χ1v) is 9.54. The number of aliphatic imine (C=N–C) groups is 1. The summed E-state index contributed by atoms with van der Waals surface area (Å²) in [4.78, 5) is 11.6. The van der Waals surface area contributed by atoms with Crippen LogP contribution in [-0.4, -0.2) is 89.4 Å². The number of hydrogen-bond acceptors (Lipinski definition) is 5. The van der Waals surface area contributed by atoms with Crippen LogP contribution in [0.1, 0.15) is 6.42 Å². The Balaban J connectivity index is 1.65. The van der Waals surface area contributed by atoms with E-state index in [2.05, 4.69) is 49.6 Å². The molecule has 0 spiro atoms. The lowest BCUT2D eigenvalue weighted by Crippen LogP contribution is -2.52. The molecule has 0 saturated carbocycles. The summed E-state index contributed by atoms with van der Waals surface area (Å²) in [5.41, 5.74) is 0. The number of methoxy groups -OCH3 is 1. The van der Waals surface area contributed by atoms with Crippen molar-refractivity contribution in [3.63, 3.8) is 0 Å². The SMILES string of the molecule is CN=C(NCCCN(C)CCOC)N1CCN(c2cccs2)CC1. The van der Waals surface area contributed by atoms with Crippen LogP contribution < -0.4 is 10.2 Å². The van der Waals surface area contributed by atoms with Gasteiger partial charge in [-0.25, -0.2) is 0 Å². The van der Waals surface area contributed by atoms with Crippen molar-refractivity contribution < 1.29 is 4.74 Å². The summed E-state index contributed by atoms with van der Waals surface area (Å²) < 4.78 is 5.10. The monoisotopic (exact) mass is 353 g/mol. The summed E-state index contributed by atoms with van der Waals surface area (Å²) >= 11 is 1.82. The van der Waals surface area contributed by atoms with Crippen LogP contribution in [0.3, 0.4) is 0 Å². The lowest BCUT2D eigenvalue weighted by Gasteiger charge is -2.37. The van der Waals surface area contributed by atoms with Crippen molar-refractivity contribution in [2.45, 2.75) is 6.42 Å². The molecule has 1 N–H and O–H groups in total. The van der Waals surface area contributed by atoms with Crippen LogP contribution in [0.2, 0.25) is 0 Å². The number of thiophene rings is 1. The van der Waals surface area contributed by atoms with Gasteiger partial charge in [-0.1, -0.05) is 0 Å². The highest BCUT2D eigenvalue weighted by molar-refractivity contribution is 7.14. The lowest BCUT2D eigenvalue weighted by molar-refractivity contribution is 0.161. The summed E-state index contributed by atoms with van der Waals surface area (Å²) in [5.74, 6) is 1.03. The molecule has 1 aliphatic rings. The van der Waals surface area contributed by atoms with Crippen molar-refractivity contribution in [2.24, 2.45) is 4.99 Å². The van der Waals surface area contributed by atoms with Gasteiger partial charge in [0.25, 0.3) is 0 Å². The molecule has 1 aromatic heterocycles. The third-order valence-electron chi connectivity index (χ3n) is 4.29. The standard InChI is InChI=1S/C17H31N5OS/c1-18-17(19-7-5-8-20(2)13-14-23-3)22-11-9-21(10-12-22)16-6-4-15-24-16/h4,6,15H,5,7-14H2,1-3H3,(H,18,19). The van der Waals surface area contributed by atoms with Gasteiger partial charge in [0.05, 0.1) is 11.6 Å². The minimum atomic E-state index is 0.792. The fraction of sp³-hybridized carbons (Fsp3) is 0.706. The quantitative estimate of drug-likeness (QED) is 0.435. The van der Waals surface area contributed by atoms with Gasteiger partial charge < -0.3 is 24.8 Å². The number of nitrogens with one attached hydrogen (secondary N) is 1. The van der Waals surface area contributed by atoms with Crippen molar-refractivity contribution in [3.05, 3.63) is 17.5 Å². The zero-order valence-corrected chi connectivity index (χ0v) is 16.0. The lowest BCUT2D eigenvalue weighted by atomic mass is 10.3. The first-order valence-electron chi connectivity index (χ1n) is 8.66. The van der Waals surface area contributed by atoms with Gasteiger partial charge in [-0.05, 0) is 37.5 Å². The molecule has 6 nitrogen and oxygen atoms in total. The third kappa shape index (κ3) is 5.96. The molecule has 0 radical (unpaired) electrons. The maximum atomic E-state index is 5.10. The van der Waals surface area contributed by atoms with Crippen LogP contribution >= 0.6 is 11.3 Å². The normalized spacial score (nSPS) is 16.1. The van der Waals surface area contributed by atoms with Crippen LogP contribution in [0.15, 0.2) is 22.5 Å². The smallest absolute Gasteiger partial charge is 0.193 e. The largest absolute Gasteiger partial charge is 0.383 e. The Morgan fingerprint density at radius 2 is 2.12 bits per heavy atom. The second-order valence-corrected chi connectivity index (χ2v) is 6.98. The molecule has 1 aromatic rings. The number of hydrogen-bond donors (Lipinski definition) is 1. The number of guanidine groups is 1. The number of anilines is 1. The molecule has 0 bridgehead atoms. The minimum absolute atomic E-state index is 0.792. The van der Waals surface area contributed by atoms with E-state index in [9.17, 15) is 0 Å². The Morgan fingerprint density at radius 3 is 2.75 bits per heavy atom. The van der Waals surface area contributed by atoms with Crippen molar-refractivity contribution in [1.82, 2.24) is 15.1 Å². The molecule has 136 valence electrons. The second-order valence-electron chi connectivity index (χ2n) is 6.05. The fourth-order valence-corrected chi connectivity index (χ4v) is 3.61. The maximum Gasteiger partial charge on any atom is 0.193 e. The highest BCUT2D eigenvalue weighted by Gasteiger charge is 2.19. The molecule has 7 heteroatoms. The number of ether oxygens (including phenoxy) is 1. The predicted octanol–water partition coefficient (Wildman–Crippen LogP) is 1.41. The van der Waals surface area contributed by atoms with Crippen LogP contribution in [-0.2, 0) is 4.74 Å². The van der Waals surface area contributed by atoms with E-state index < -0.39 is 0 Å². The molecule has 1 fully saturated rings. The van der Waals surface area contributed by atoms with E-state index in [0.29, 0.717) is 0 Å². The van der Waals surface area contributed by atoms with Gasteiger partial charge in [0, 0.05) is 53.4 Å². The van der Waals surface area contributed by atoms with E-state index in [1.165, 1.54) is 5.00 Å². The predicted molar refractivity (Wildman–Crippen MR) is 103 cm³/mol. The molecule has 24 heavy (non-hydrogen) atoms. The average molecular weight is 354 g/mol. The molecule has 2 heterocycles. The highest BCUT2D eigenvalue weighted by Crippen LogP contribution is 2.22. The molecular formula is C17H31N5OS. The zero-order chi connectivity index (χ0) is 17.2. The van der Waals surface area contributed by atoms with Crippen molar-refractivity contribution in [1.29, 1.82) is 0 Å². The van der Waals surface area contributed by atoms with Crippen molar-refractivity contribution in [2.75, 3.05) is 78.5 Å². The van der Waals surface area contributed by atoms with Gasteiger partial charge in [-0.2, -0.15) is 0 Å². The molecule has 0 unspecified atom stereocenters. The first kappa shape index (κ1) is 19.0. The van der Waals surface area contributed by atoms with Crippen LogP contribution in [0.4, 0.5) is 5.00 Å². The average Bonchev–Trinajstić information content (AvgIpc) is 3.15. The van der Waals surface area contributed by atoms with E-state index in [-0.39, 0.29) is 0 Å². The zero-order valence-electron chi connectivity index (χ0n) is 15.2. The Hall–Kier alpha value is -1.31. The molecule has 0 aliphatic carbocycles. The van der Waals surface area contributed by atoms with E-state index in [1.54, 1.807) is 7.11 Å². The van der Waals surface area contributed by atoms with Gasteiger partial charge >= 0.3 is 0 Å². The summed E-state index contributed by atoms with van der Waals surface area (Å²) in [6, 6.07) is 4.32. The van der Waals surface area contributed by atoms with Crippen LogP contribution in [0.25, 0.3) is 0 Å². The van der Waals surface area contributed by atoms with Crippen molar-refractivity contribution in [3.8, 4) is 0 Å². The van der Waals surface area contributed by atoms with Crippen LogP contribution in [0, 0.1) is 0 Å². The maximum absolute atomic E-state index is 5.10. The number of nitrogens with zero attached hydrogens (tertiary/aromatic N) is 4.